The van der Waals surface area contributed by atoms with Gasteiger partial charge in [-0.05, 0) is 36.6 Å². The van der Waals surface area contributed by atoms with Crippen molar-refractivity contribution in [3.63, 3.8) is 0 Å². The van der Waals surface area contributed by atoms with Crippen LogP contribution in [0, 0.1) is 0 Å². The minimum Gasteiger partial charge on any atom is -0.354 e. The molecule has 2 atom stereocenters. The molecule has 0 radical (unpaired) electrons. The van der Waals surface area contributed by atoms with Crippen molar-refractivity contribution in [2.75, 3.05) is 18.8 Å². The maximum absolute atomic E-state index is 12.5. The van der Waals surface area contributed by atoms with Gasteiger partial charge < -0.3 is 10.6 Å². The first-order chi connectivity index (χ1) is 9.68. The lowest BCUT2D eigenvalue weighted by atomic mass is 9.90. The van der Waals surface area contributed by atoms with E-state index in [4.69, 9.17) is 0 Å². The third kappa shape index (κ3) is 2.86. The first-order valence-electron chi connectivity index (χ1n) is 7.38. The Morgan fingerprint density at radius 2 is 2.35 bits per heavy atom. The maximum Gasteiger partial charge on any atom is 0.228 e. The van der Waals surface area contributed by atoms with Gasteiger partial charge in [0.25, 0.3) is 0 Å². The smallest absolute Gasteiger partial charge is 0.228 e. The molecule has 1 aromatic rings. The summed E-state index contributed by atoms with van der Waals surface area (Å²) < 4.78 is 0.233. The number of carbonyl (C=O) groups is 1. The predicted octanol–water partition coefficient (Wildman–Crippen LogP) is 2.28. The van der Waals surface area contributed by atoms with Crippen molar-refractivity contribution >= 4 is 17.7 Å². The van der Waals surface area contributed by atoms with Gasteiger partial charge in [0, 0.05) is 24.4 Å². The summed E-state index contributed by atoms with van der Waals surface area (Å²) in [4.78, 5) is 12.5. The number of nitrogens with one attached hydrogen (secondary N) is 2. The van der Waals surface area contributed by atoms with E-state index >= 15 is 0 Å². The van der Waals surface area contributed by atoms with Gasteiger partial charge in [-0.15, -0.1) is 0 Å². The van der Waals surface area contributed by atoms with Crippen molar-refractivity contribution in [2.45, 2.75) is 37.0 Å². The molecule has 2 aliphatic rings. The van der Waals surface area contributed by atoms with Crippen molar-refractivity contribution in [2.24, 2.45) is 0 Å². The topological polar surface area (TPSA) is 41.1 Å². The molecule has 2 aliphatic heterocycles. The second-order valence-electron chi connectivity index (χ2n) is 6.00. The van der Waals surface area contributed by atoms with Crippen LogP contribution in [-0.4, -0.2) is 29.5 Å². The van der Waals surface area contributed by atoms with Crippen molar-refractivity contribution in [1.29, 1.82) is 0 Å². The monoisotopic (exact) mass is 290 g/mol. The van der Waals surface area contributed by atoms with Crippen molar-refractivity contribution in [3.05, 3.63) is 35.4 Å². The Balaban J connectivity index is 1.66. The van der Waals surface area contributed by atoms with Crippen LogP contribution in [-0.2, 0) is 11.3 Å². The highest BCUT2D eigenvalue weighted by atomic mass is 32.2. The summed E-state index contributed by atoms with van der Waals surface area (Å²) in [5.74, 6) is 1.34. The van der Waals surface area contributed by atoms with E-state index in [1.165, 1.54) is 29.7 Å². The number of rotatable bonds is 3. The highest BCUT2D eigenvalue weighted by Crippen LogP contribution is 2.37. The Labute approximate surface area is 124 Å². The second kappa shape index (κ2) is 5.78. The third-order valence-electron chi connectivity index (χ3n) is 4.35. The van der Waals surface area contributed by atoms with Crippen LogP contribution in [0.2, 0.25) is 0 Å². The molecule has 2 unspecified atom stereocenters. The molecule has 2 N–H and O–H groups in total. The van der Waals surface area contributed by atoms with E-state index in [1.807, 2.05) is 23.9 Å². The molecular formula is C16H22N2OS. The molecule has 0 saturated carbocycles. The van der Waals surface area contributed by atoms with Crippen molar-refractivity contribution < 1.29 is 4.79 Å². The molecule has 3 nitrogen and oxygen atoms in total. The fraction of sp³-hybridized carbons (Fsp3) is 0.562. The molecule has 1 saturated heterocycles. The van der Waals surface area contributed by atoms with E-state index in [9.17, 15) is 4.79 Å². The molecule has 1 aromatic carbocycles. The molecule has 1 fully saturated rings. The molecule has 0 spiro atoms. The van der Waals surface area contributed by atoms with Gasteiger partial charge in [0.15, 0.2) is 0 Å². The fourth-order valence-corrected chi connectivity index (χ4v) is 4.35. The Hall–Kier alpha value is -1.00. The molecule has 0 aromatic heterocycles. The number of hydrogen-bond acceptors (Lipinski definition) is 3. The van der Waals surface area contributed by atoms with E-state index in [2.05, 4.69) is 29.7 Å². The maximum atomic E-state index is 12.5. The third-order valence-corrected chi connectivity index (χ3v) is 5.89. The minimum atomic E-state index is -0.0463. The molecule has 0 aliphatic carbocycles. The van der Waals surface area contributed by atoms with Crippen molar-refractivity contribution in [3.8, 4) is 0 Å². The average molecular weight is 290 g/mol. The van der Waals surface area contributed by atoms with Gasteiger partial charge in [-0.2, -0.15) is 11.8 Å². The summed E-state index contributed by atoms with van der Waals surface area (Å²) in [6.07, 6.45) is 2.47. The van der Waals surface area contributed by atoms with E-state index in [-0.39, 0.29) is 16.6 Å². The minimum absolute atomic E-state index is 0.0463. The molecule has 0 bridgehead atoms. The summed E-state index contributed by atoms with van der Waals surface area (Å²) in [6.45, 7) is 4.66. The molecule has 108 valence electrons. The van der Waals surface area contributed by atoms with E-state index in [0.29, 0.717) is 0 Å². The summed E-state index contributed by atoms with van der Waals surface area (Å²) in [6, 6.07) is 8.26. The van der Waals surface area contributed by atoms with Crippen LogP contribution in [0.1, 0.15) is 36.8 Å². The van der Waals surface area contributed by atoms with Crippen LogP contribution in [0.25, 0.3) is 0 Å². The molecular weight excluding hydrogens is 268 g/mol. The predicted molar refractivity (Wildman–Crippen MR) is 84.0 cm³/mol. The lowest BCUT2D eigenvalue weighted by molar-refractivity contribution is -0.122. The van der Waals surface area contributed by atoms with E-state index in [1.54, 1.807) is 0 Å². The summed E-state index contributed by atoms with van der Waals surface area (Å²) >= 11 is 1.99. The molecule has 20 heavy (non-hydrogen) atoms. The number of carbonyl (C=O) groups excluding carboxylic acids is 1. The normalized spacial score (nSPS) is 28.9. The largest absolute Gasteiger partial charge is 0.354 e. The van der Waals surface area contributed by atoms with E-state index in [0.717, 1.165) is 19.6 Å². The van der Waals surface area contributed by atoms with Crippen LogP contribution < -0.4 is 10.6 Å². The Bertz CT molecular complexity index is 497. The van der Waals surface area contributed by atoms with Crippen LogP contribution in [0.4, 0.5) is 0 Å². The standard InChI is InChI=1S/C16H22N2OS/c1-16(7-4-8-20-16)11-18-15(19)14-10-17-9-12-5-2-3-6-13(12)14/h2-3,5-6,14,17H,4,7-11H2,1H3,(H,18,19). The Morgan fingerprint density at radius 3 is 3.15 bits per heavy atom. The Morgan fingerprint density at radius 1 is 1.50 bits per heavy atom. The Kier molecular flexibility index (Phi) is 4.03. The zero-order valence-electron chi connectivity index (χ0n) is 11.9. The van der Waals surface area contributed by atoms with Gasteiger partial charge in [0.2, 0.25) is 5.91 Å². The first kappa shape index (κ1) is 14.0. The highest BCUT2D eigenvalue weighted by molar-refractivity contribution is 8.00. The number of thioether (sulfide) groups is 1. The second-order valence-corrected chi connectivity index (χ2v) is 7.68. The van der Waals surface area contributed by atoms with Crippen LogP contribution in [0.3, 0.4) is 0 Å². The van der Waals surface area contributed by atoms with Gasteiger partial charge in [0.1, 0.15) is 0 Å². The average Bonchev–Trinajstić information content (AvgIpc) is 2.91. The van der Waals surface area contributed by atoms with Gasteiger partial charge >= 0.3 is 0 Å². The van der Waals surface area contributed by atoms with Crippen LogP contribution >= 0.6 is 11.8 Å². The summed E-state index contributed by atoms with van der Waals surface area (Å²) in [5.41, 5.74) is 2.44. The van der Waals surface area contributed by atoms with Gasteiger partial charge in [-0.1, -0.05) is 24.3 Å². The van der Waals surface area contributed by atoms with Crippen molar-refractivity contribution in [1.82, 2.24) is 10.6 Å². The number of amides is 1. The number of benzene rings is 1. The quantitative estimate of drug-likeness (QED) is 0.897. The molecule has 2 heterocycles. The lowest BCUT2D eigenvalue weighted by Crippen LogP contribution is -2.43. The van der Waals surface area contributed by atoms with Crippen LogP contribution in [0.15, 0.2) is 24.3 Å². The molecule has 4 heteroatoms. The number of fused-ring (bicyclic) bond motifs is 1. The van der Waals surface area contributed by atoms with Gasteiger partial charge in [-0.25, -0.2) is 0 Å². The zero-order chi connectivity index (χ0) is 14.0. The molecule has 1 amide bonds. The highest BCUT2D eigenvalue weighted by Gasteiger charge is 2.32. The van der Waals surface area contributed by atoms with Crippen LogP contribution in [0.5, 0.6) is 0 Å². The summed E-state index contributed by atoms with van der Waals surface area (Å²) in [7, 11) is 0. The van der Waals surface area contributed by atoms with E-state index < -0.39 is 0 Å². The molecule has 3 rings (SSSR count). The van der Waals surface area contributed by atoms with Gasteiger partial charge in [-0.3, -0.25) is 4.79 Å². The first-order valence-corrected chi connectivity index (χ1v) is 8.37. The fourth-order valence-electron chi connectivity index (χ4n) is 3.10. The lowest BCUT2D eigenvalue weighted by Gasteiger charge is -2.28. The SMILES string of the molecule is CC1(CNC(=O)C2CNCc3ccccc32)CCCS1. The summed E-state index contributed by atoms with van der Waals surface area (Å²) in [5, 5.41) is 6.52. The zero-order valence-corrected chi connectivity index (χ0v) is 12.8. The van der Waals surface area contributed by atoms with Gasteiger partial charge in [0.05, 0.1) is 5.92 Å². The number of hydrogen-bond donors (Lipinski definition) is 2.